The lowest BCUT2D eigenvalue weighted by atomic mass is 10.1. The number of urea groups is 1. The molecule has 1 saturated heterocycles. The molecule has 0 aliphatic carbocycles. The van der Waals surface area contributed by atoms with Gasteiger partial charge in [0, 0.05) is 26.1 Å². The molecule has 1 rings (SSSR count). The SMILES string of the molecule is CCOC(=O)CN(CC)C(=O)N1CCC(CC(=O)O)C1. The van der Waals surface area contributed by atoms with Crippen LogP contribution < -0.4 is 0 Å². The fourth-order valence-corrected chi connectivity index (χ4v) is 2.30. The van der Waals surface area contributed by atoms with E-state index in [1.54, 1.807) is 18.7 Å². The summed E-state index contributed by atoms with van der Waals surface area (Å²) in [7, 11) is 0. The highest BCUT2D eigenvalue weighted by atomic mass is 16.5. The topological polar surface area (TPSA) is 87.2 Å². The van der Waals surface area contributed by atoms with Crippen molar-refractivity contribution in [3.63, 3.8) is 0 Å². The van der Waals surface area contributed by atoms with Crippen LogP contribution in [-0.4, -0.2) is 65.7 Å². The van der Waals surface area contributed by atoms with Crippen LogP contribution in [0, 0.1) is 5.92 Å². The van der Waals surface area contributed by atoms with Crippen molar-refractivity contribution < 1.29 is 24.2 Å². The maximum absolute atomic E-state index is 12.2. The molecule has 20 heavy (non-hydrogen) atoms. The van der Waals surface area contributed by atoms with Gasteiger partial charge in [0.15, 0.2) is 0 Å². The lowest BCUT2D eigenvalue weighted by Gasteiger charge is -2.26. The Labute approximate surface area is 118 Å². The number of esters is 1. The van der Waals surface area contributed by atoms with Crippen LogP contribution >= 0.6 is 0 Å². The molecular formula is C13H22N2O5. The summed E-state index contributed by atoms with van der Waals surface area (Å²) in [5.74, 6) is -1.27. The molecule has 0 aromatic heterocycles. The zero-order valence-electron chi connectivity index (χ0n) is 12.0. The smallest absolute Gasteiger partial charge is 0.325 e. The number of carboxylic acid groups (broad SMARTS) is 1. The van der Waals surface area contributed by atoms with E-state index in [1.165, 1.54) is 4.90 Å². The van der Waals surface area contributed by atoms with Crippen LogP contribution in [0.5, 0.6) is 0 Å². The van der Waals surface area contributed by atoms with Gasteiger partial charge in [0.25, 0.3) is 0 Å². The van der Waals surface area contributed by atoms with Crippen LogP contribution in [0.3, 0.4) is 0 Å². The standard InChI is InChI=1S/C13H22N2O5/c1-3-14(9-12(18)20-4-2)13(19)15-6-5-10(8-15)7-11(16)17/h10H,3-9H2,1-2H3,(H,16,17). The normalized spacial score (nSPS) is 17.9. The van der Waals surface area contributed by atoms with E-state index in [0.717, 1.165) is 0 Å². The summed E-state index contributed by atoms with van der Waals surface area (Å²) in [5.41, 5.74) is 0. The number of ether oxygens (including phenoxy) is 1. The number of hydrogen-bond donors (Lipinski definition) is 1. The second kappa shape index (κ2) is 7.72. The second-order valence-corrected chi connectivity index (χ2v) is 4.80. The van der Waals surface area contributed by atoms with E-state index in [1.807, 2.05) is 0 Å². The average molecular weight is 286 g/mol. The molecule has 1 aliphatic rings. The highest BCUT2D eigenvalue weighted by Gasteiger charge is 2.30. The largest absolute Gasteiger partial charge is 0.481 e. The van der Waals surface area contributed by atoms with E-state index in [-0.39, 0.29) is 31.5 Å². The molecule has 1 aliphatic heterocycles. The first kappa shape index (κ1) is 16.3. The number of carbonyl (C=O) groups excluding carboxylic acids is 2. The average Bonchev–Trinajstić information content (AvgIpc) is 2.83. The quantitative estimate of drug-likeness (QED) is 0.729. The van der Waals surface area contributed by atoms with Crippen molar-refractivity contribution in [3.8, 4) is 0 Å². The van der Waals surface area contributed by atoms with Crippen LogP contribution in [0.25, 0.3) is 0 Å². The van der Waals surface area contributed by atoms with Gasteiger partial charge in [-0.15, -0.1) is 0 Å². The molecular weight excluding hydrogens is 264 g/mol. The van der Waals surface area contributed by atoms with Crippen molar-refractivity contribution in [2.24, 2.45) is 5.92 Å². The van der Waals surface area contributed by atoms with E-state index < -0.39 is 11.9 Å². The summed E-state index contributed by atoms with van der Waals surface area (Å²) >= 11 is 0. The monoisotopic (exact) mass is 286 g/mol. The minimum atomic E-state index is -0.844. The Morgan fingerprint density at radius 1 is 1.35 bits per heavy atom. The number of carbonyl (C=O) groups is 3. The van der Waals surface area contributed by atoms with Crippen LogP contribution in [-0.2, 0) is 14.3 Å². The highest BCUT2D eigenvalue weighted by molar-refractivity contribution is 5.81. The van der Waals surface area contributed by atoms with Gasteiger partial charge in [-0.2, -0.15) is 0 Å². The molecule has 0 bridgehead atoms. The van der Waals surface area contributed by atoms with E-state index in [0.29, 0.717) is 26.1 Å². The van der Waals surface area contributed by atoms with Gasteiger partial charge in [0.05, 0.1) is 6.61 Å². The maximum atomic E-state index is 12.2. The molecule has 1 atom stereocenters. The molecule has 0 aromatic carbocycles. The van der Waals surface area contributed by atoms with Gasteiger partial charge in [0.1, 0.15) is 6.54 Å². The molecule has 0 aromatic rings. The number of likely N-dealkylation sites (tertiary alicyclic amines) is 1. The molecule has 1 N–H and O–H groups in total. The number of carboxylic acids is 1. The predicted octanol–water partition coefficient (Wildman–Crippen LogP) is 0.788. The third kappa shape index (κ3) is 4.71. The van der Waals surface area contributed by atoms with Crippen molar-refractivity contribution in [1.82, 2.24) is 9.80 Å². The van der Waals surface area contributed by atoms with Crippen molar-refractivity contribution in [3.05, 3.63) is 0 Å². The van der Waals surface area contributed by atoms with Gasteiger partial charge in [-0.3, -0.25) is 9.59 Å². The minimum Gasteiger partial charge on any atom is -0.481 e. The van der Waals surface area contributed by atoms with E-state index in [2.05, 4.69) is 0 Å². The van der Waals surface area contributed by atoms with Crippen LogP contribution in [0.15, 0.2) is 0 Å². The molecule has 0 saturated carbocycles. The predicted molar refractivity (Wildman–Crippen MR) is 71.2 cm³/mol. The van der Waals surface area contributed by atoms with Gasteiger partial charge in [-0.05, 0) is 26.2 Å². The molecule has 1 unspecified atom stereocenters. The van der Waals surface area contributed by atoms with Crippen molar-refractivity contribution in [1.29, 1.82) is 0 Å². The number of nitrogens with zero attached hydrogens (tertiary/aromatic N) is 2. The zero-order chi connectivity index (χ0) is 15.1. The lowest BCUT2D eigenvalue weighted by molar-refractivity contribution is -0.143. The summed E-state index contributed by atoms with van der Waals surface area (Å²) in [5, 5.41) is 8.76. The number of aliphatic carboxylic acids is 1. The van der Waals surface area contributed by atoms with E-state index in [9.17, 15) is 14.4 Å². The summed E-state index contributed by atoms with van der Waals surface area (Å²) in [6, 6.07) is -0.228. The van der Waals surface area contributed by atoms with Gasteiger partial charge >= 0.3 is 18.0 Å². The number of hydrogen-bond acceptors (Lipinski definition) is 4. The summed E-state index contributed by atoms with van der Waals surface area (Å²) in [6.45, 7) is 5.12. The lowest BCUT2D eigenvalue weighted by Crippen LogP contribution is -2.44. The first-order valence-corrected chi connectivity index (χ1v) is 6.89. The Balaban J connectivity index is 2.51. The molecule has 114 valence electrons. The van der Waals surface area contributed by atoms with E-state index >= 15 is 0 Å². The summed E-state index contributed by atoms with van der Waals surface area (Å²) in [6.07, 6.45) is 0.767. The first-order chi connectivity index (χ1) is 9.47. The van der Waals surface area contributed by atoms with Crippen LogP contribution in [0.2, 0.25) is 0 Å². The van der Waals surface area contributed by atoms with E-state index in [4.69, 9.17) is 9.84 Å². The molecule has 0 radical (unpaired) electrons. The second-order valence-electron chi connectivity index (χ2n) is 4.80. The van der Waals surface area contributed by atoms with Gasteiger partial charge in [0.2, 0.25) is 0 Å². The van der Waals surface area contributed by atoms with Gasteiger partial charge in [-0.25, -0.2) is 4.79 Å². The van der Waals surface area contributed by atoms with Crippen molar-refractivity contribution >= 4 is 18.0 Å². The molecule has 1 heterocycles. The third-order valence-corrected chi connectivity index (χ3v) is 3.30. The third-order valence-electron chi connectivity index (χ3n) is 3.30. The molecule has 0 spiro atoms. The van der Waals surface area contributed by atoms with Crippen molar-refractivity contribution in [2.45, 2.75) is 26.7 Å². The molecule has 7 nitrogen and oxygen atoms in total. The number of likely N-dealkylation sites (N-methyl/N-ethyl adjacent to an activating group) is 1. The fourth-order valence-electron chi connectivity index (χ4n) is 2.30. The number of rotatable bonds is 6. The summed E-state index contributed by atoms with van der Waals surface area (Å²) < 4.78 is 4.83. The van der Waals surface area contributed by atoms with Crippen LogP contribution in [0.4, 0.5) is 4.79 Å². The Kier molecular flexibility index (Phi) is 6.27. The highest BCUT2D eigenvalue weighted by Crippen LogP contribution is 2.20. The fraction of sp³-hybridized carbons (Fsp3) is 0.769. The zero-order valence-corrected chi connectivity index (χ0v) is 12.0. The molecule has 7 heteroatoms. The van der Waals surface area contributed by atoms with Crippen molar-refractivity contribution in [2.75, 3.05) is 32.8 Å². The van der Waals surface area contributed by atoms with Crippen LogP contribution in [0.1, 0.15) is 26.7 Å². The Morgan fingerprint density at radius 3 is 2.60 bits per heavy atom. The Hall–Kier alpha value is -1.79. The Bertz CT molecular complexity index is 372. The number of amides is 2. The first-order valence-electron chi connectivity index (χ1n) is 6.89. The molecule has 2 amide bonds. The maximum Gasteiger partial charge on any atom is 0.325 e. The Morgan fingerprint density at radius 2 is 2.05 bits per heavy atom. The van der Waals surface area contributed by atoms with Gasteiger partial charge in [-0.1, -0.05) is 0 Å². The minimum absolute atomic E-state index is 0.00208. The molecule has 1 fully saturated rings. The van der Waals surface area contributed by atoms with Gasteiger partial charge < -0.3 is 19.6 Å². The summed E-state index contributed by atoms with van der Waals surface area (Å²) in [4.78, 5) is 37.4.